The summed E-state index contributed by atoms with van der Waals surface area (Å²) in [6, 6.07) is 0. The Hall–Kier alpha value is -0.980. The van der Waals surface area contributed by atoms with Crippen molar-refractivity contribution < 1.29 is 27.8 Å². The smallest absolute Gasteiger partial charge is 0.410 e. The quantitative estimate of drug-likeness (QED) is 0.717. The van der Waals surface area contributed by atoms with Gasteiger partial charge in [-0.15, -0.1) is 0 Å². The van der Waals surface area contributed by atoms with E-state index in [9.17, 15) is 23.1 Å². The van der Waals surface area contributed by atoms with Crippen LogP contribution in [0.1, 0.15) is 20.8 Å². The molecule has 0 aromatic carbocycles. The lowest BCUT2D eigenvalue weighted by atomic mass is 10.1. The maximum absolute atomic E-state index is 12.4. The third-order valence-corrected chi connectivity index (χ3v) is 2.36. The molecule has 0 saturated carbocycles. The maximum atomic E-state index is 12.4. The average molecular weight is 255 g/mol. The summed E-state index contributed by atoms with van der Waals surface area (Å²) in [6.07, 6.45) is -6.92. The number of alkyl halides is 3. The summed E-state index contributed by atoms with van der Waals surface area (Å²) in [7, 11) is 0. The van der Waals surface area contributed by atoms with Gasteiger partial charge in [0.2, 0.25) is 0 Å². The highest BCUT2D eigenvalue weighted by molar-refractivity contribution is 5.68. The lowest BCUT2D eigenvalue weighted by molar-refractivity contribution is -0.188. The number of likely N-dealkylation sites (tertiary alicyclic amines) is 1. The molecule has 7 heteroatoms. The minimum Gasteiger partial charge on any atom is -0.444 e. The van der Waals surface area contributed by atoms with Crippen LogP contribution in [0.3, 0.4) is 0 Å². The van der Waals surface area contributed by atoms with Gasteiger partial charge in [0.1, 0.15) is 11.5 Å². The third kappa shape index (κ3) is 3.76. The van der Waals surface area contributed by atoms with E-state index in [0.717, 1.165) is 4.90 Å². The van der Waals surface area contributed by atoms with E-state index in [-0.39, 0.29) is 6.54 Å². The number of rotatable bonds is 0. The van der Waals surface area contributed by atoms with E-state index < -0.39 is 36.4 Å². The summed E-state index contributed by atoms with van der Waals surface area (Å²) in [6.45, 7) is 3.97. The lowest BCUT2D eigenvalue weighted by Crippen LogP contribution is -2.36. The summed E-state index contributed by atoms with van der Waals surface area (Å²) in [5, 5.41) is 9.27. The van der Waals surface area contributed by atoms with Crippen molar-refractivity contribution >= 4 is 6.09 Å². The molecule has 1 rings (SSSR count). The van der Waals surface area contributed by atoms with Crippen LogP contribution in [0.15, 0.2) is 0 Å². The van der Waals surface area contributed by atoms with Crippen molar-refractivity contribution in [2.75, 3.05) is 13.1 Å². The Kier molecular flexibility index (Phi) is 3.61. The number of carbonyl (C=O) groups excluding carboxylic acids is 1. The number of β-amino-alcohol motifs (C(OH)–C–C–N with tert-alkyl or cyclic N) is 1. The van der Waals surface area contributed by atoms with Gasteiger partial charge in [-0.3, -0.25) is 0 Å². The Bertz CT molecular complexity index is 298. The zero-order chi connectivity index (χ0) is 13.4. The first-order valence-electron chi connectivity index (χ1n) is 5.23. The molecule has 1 aliphatic heterocycles. The molecule has 1 saturated heterocycles. The highest BCUT2D eigenvalue weighted by atomic mass is 19.4. The minimum atomic E-state index is -4.50. The van der Waals surface area contributed by atoms with Crippen molar-refractivity contribution in [2.45, 2.75) is 38.7 Å². The molecule has 0 aliphatic carbocycles. The van der Waals surface area contributed by atoms with Gasteiger partial charge in [0, 0.05) is 6.54 Å². The molecular weight excluding hydrogens is 239 g/mol. The van der Waals surface area contributed by atoms with E-state index in [0.29, 0.717) is 0 Å². The van der Waals surface area contributed by atoms with Crippen LogP contribution in [0.2, 0.25) is 0 Å². The van der Waals surface area contributed by atoms with Gasteiger partial charge in [0.25, 0.3) is 0 Å². The highest BCUT2D eigenvalue weighted by Crippen LogP contribution is 2.34. The van der Waals surface area contributed by atoms with Crippen LogP contribution in [0.25, 0.3) is 0 Å². The van der Waals surface area contributed by atoms with E-state index >= 15 is 0 Å². The van der Waals surface area contributed by atoms with Crippen LogP contribution in [0, 0.1) is 5.92 Å². The number of nitrogens with zero attached hydrogens (tertiary/aromatic N) is 1. The van der Waals surface area contributed by atoms with Crippen LogP contribution in [-0.2, 0) is 4.74 Å². The van der Waals surface area contributed by atoms with Crippen molar-refractivity contribution in [3.8, 4) is 0 Å². The number of ether oxygens (including phenoxy) is 1. The molecule has 1 N–H and O–H groups in total. The first-order chi connectivity index (χ1) is 7.50. The summed E-state index contributed by atoms with van der Waals surface area (Å²) >= 11 is 0. The maximum Gasteiger partial charge on any atom is 0.410 e. The van der Waals surface area contributed by atoms with Crippen LogP contribution in [0.5, 0.6) is 0 Å². The monoisotopic (exact) mass is 255 g/mol. The number of hydrogen-bond acceptors (Lipinski definition) is 3. The summed E-state index contributed by atoms with van der Waals surface area (Å²) < 4.78 is 42.3. The van der Waals surface area contributed by atoms with Crippen LogP contribution in [-0.4, -0.2) is 47.1 Å². The second kappa shape index (κ2) is 4.36. The predicted octanol–water partition coefficient (Wildman–Crippen LogP) is 1.78. The Morgan fingerprint density at radius 2 is 1.82 bits per heavy atom. The number of carbonyl (C=O) groups is 1. The molecule has 1 amide bonds. The van der Waals surface area contributed by atoms with Crippen LogP contribution >= 0.6 is 0 Å². The van der Waals surface area contributed by atoms with Crippen molar-refractivity contribution in [1.82, 2.24) is 4.90 Å². The Morgan fingerprint density at radius 3 is 2.18 bits per heavy atom. The van der Waals surface area contributed by atoms with Crippen LogP contribution < -0.4 is 0 Å². The molecule has 1 aliphatic rings. The first-order valence-corrected chi connectivity index (χ1v) is 5.23. The van der Waals surface area contributed by atoms with Gasteiger partial charge in [0.15, 0.2) is 0 Å². The molecule has 0 aromatic heterocycles. The zero-order valence-corrected chi connectivity index (χ0v) is 9.91. The summed E-state index contributed by atoms with van der Waals surface area (Å²) in [5.74, 6) is -1.89. The minimum absolute atomic E-state index is 0.348. The molecule has 1 heterocycles. The molecule has 2 atom stereocenters. The average Bonchev–Trinajstić information content (AvgIpc) is 2.42. The lowest BCUT2D eigenvalue weighted by Gasteiger charge is -2.24. The predicted molar refractivity (Wildman–Crippen MR) is 53.4 cm³/mol. The van der Waals surface area contributed by atoms with Crippen molar-refractivity contribution in [3.05, 3.63) is 0 Å². The van der Waals surface area contributed by atoms with E-state index in [2.05, 4.69) is 0 Å². The standard InChI is InChI=1S/C10H16F3NO3/c1-9(2,3)17-8(16)14-4-6(7(15)5-14)10(11,12)13/h6-7,15H,4-5H2,1-3H3/t6-,7-/m0/s1. The molecule has 0 unspecified atom stereocenters. The summed E-state index contributed by atoms with van der Waals surface area (Å²) in [4.78, 5) is 12.4. The third-order valence-electron chi connectivity index (χ3n) is 2.36. The van der Waals surface area contributed by atoms with Crippen molar-refractivity contribution in [2.24, 2.45) is 5.92 Å². The normalized spacial score (nSPS) is 26.2. The largest absolute Gasteiger partial charge is 0.444 e. The number of aliphatic hydroxyl groups is 1. The van der Waals surface area contributed by atoms with Crippen molar-refractivity contribution in [1.29, 1.82) is 0 Å². The Labute approximate surface area is 97.3 Å². The fraction of sp³-hybridized carbons (Fsp3) is 0.900. The van der Waals surface area contributed by atoms with Gasteiger partial charge in [0.05, 0.1) is 12.6 Å². The molecule has 1 fully saturated rings. The summed E-state index contributed by atoms with van der Waals surface area (Å²) in [5.41, 5.74) is -0.766. The molecule has 0 spiro atoms. The van der Waals surface area contributed by atoms with Gasteiger partial charge < -0.3 is 14.7 Å². The van der Waals surface area contributed by atoms with E-state index in [4.69, 9.17) is 4.74 Å². The van der Waals surface area contributed by atoms with E-state index in [1.807, 2.05) is 0 Å². The molecule has 100 valence electrons. The molecule has 17 heavy (non-hydrogen) atoms. The fourth-order valence-corrected chi connectivity index (χ4v) is 1.58. The second-order valence-corrected chi connectivity index (χ2v) is 5.10. The van der Waals surface area contributed by atoms with Gasteiger partial charge in [-0.2, -0.15) is 13.2 Å². The Balaban J connectivity index is 2.63. The van der Waals surface area contributed by atoms with E-state index in [1.54, 1.807) is 20.8 Å². The van der Waals surface area contributed by atoms with Gasteiger partial charge >= 0.3 is 12.3 Å². The van der Waals surface area contributed by atoms with Crippen LogP contribution in [0.4, 0.5) is 18.0 Å². The van der Waals surface area contributed by atoms with Gasteiger partial charge in [-0.05, 0) is 20.8 Å². The van der Waals surface area contributed by atoms with E-state index in [1.165, 1.54) is 0 Å². The number of amides is 1. The topological polar surface area (TPSA) is 49.8 Å². The molecule has 0 bridgehead atoms. The SMILES string of the molecule is CC(C)(C)OC(=O)N1C[C@H](O)[C@@H](C(F)(F)F)C1. The molecule has 0 radical (unpaired) electrons. The number of aliphatic hydroxyl groups excluding tert-OH is 1. The molecule has 4 nitrogen and oxygen atoms in total. The Morgan fingerprint density at radius 1 is 1.29 bits per heavy atom. The van der Waals surface area contributed by atoms with Gasteiger partial charge in [-0.25, -0.2) is 4.79 Å². The number of hydrogen-bond donors (Lipinski definition) is 1. The second-order valence-electron chi connectivity index (χ2n) is 5.10. The molecular formula is C10H16F3NO3. The number of halogens is 3. The van der Waals surface area contributed by atoms with Gasteiger partial charge in [-0.1, -0.05) is 0 Å². The first kappa shape index (κ1) is 14.1. The van der Waals surface area contributed by atoms with Crippen molar-refractivity contribution in [3.63, 3.8) is 0 Å². The molecule has 0 aromatic rings. The highest BCUT2D eigenvalue weighted by Gasteiger charge is 2.50. The fourth-order valence-electron chi connectivity index (χ4n) is 1.58. The zero-order valence-electron chi connectivity index (χ0n) is 9.91.